The van der Waals surface area contributed by atoms with Crippen LogP contribution >= 0.6 is 0 Å². The molecule has 176 valence electrons. The van der Waals surface area contributed by atoms with Crippen molar-refractivity contribution in [3.8, 4) is 0 Å². The molecule has 3 aromatic carbocycles. The Morgan fingerprint density at radius 3 is 2.33 bits per heavy atom. The molecule has 0 radical (unpaired) electrons. The topological polar surface area (TPSA) is 78.5 Å². The van der Waals surface area contributed by atoms with E-state index in [2.05, 4.69) is 10.6 Å². The van der Waals surface area contributed by atoms with Crippen LogP contribution in [0.4, 0.5) is 29.3 Å². The number of benzene rings is 3. The number of hydrogen-bond acceptors (Lipinski definition) is 4. The maximum Gasteiger partial charge on any atom is 0.416 e. The van der Waals surface area contributed by atoms with Gasteiger partial charge in [-0.2, -0.15) is 13.2 Å². The van der Waals surface area contributed by atoms with Gasteiger partial charge in [0.2, 0.25) is 0 Å². The molecule has 0 aliphatic rings. The van der Waals surface area contributed by atoms with Crippen LogP contribution in [0.2, 0.25) is 0 Å². The van der Waals surface area contributed by atoms with Crippen LogP contribution < -0.4 is 15.5 Å². The van der Waals surface area contributed by atoms with Crippen molar-refractivity contribution in [3.63, 3.8) is 0 Å². The van der Waals surface area contributed by atoms with Crippen LogP contribution in [-0.4, -0.2) is 40.8 Å². The molecule has 10 heteroatoms. The Morgan fingerprint density at radius 2 is 1.64 bits per heavy atom. The molecule has 0 saturated carbocycles. The zero-order valence-electron chi connectivity index (χ0n) is 18.1. The van der Waals surface area contributed by atoms with E-state index in [-0.39, 0.29) is 29.3 Å². The highest BCUT2D eigenvalue weighted by molar-refractivity contribution is 7.91. The first-order valence-corrected chi connectivity index (χ1v) is 11.8. The summed E-state index contributed by atoms with van der Waals surface area (Å²) >= 11 is 0. The van der Waals surface area contributed by atoms with Crippen LogP contribution in [0.3, 0.4) is 0 Å². The van der Waals surface area contributed by atoms with Gasteiger partial charge in [-0.3, -0.25) is 0 Å². The van der Waals surface area contributed by atoms with Crippen LogP contribution in [0.25, 0.3) is 10.8 Å². The van der Waals surface area contributed by atoms with Gasteiger partial charge in [0.15, 0.2) is 9.84 Å². The van der Waals surface area contributed by atoms with Gasteiger partial charge >= 0.3 is 12.2 Å². The van der Waals surface area contributed by atoms with E-state index in [9.17, 15) is 26.4 Å². The van der Waals surface area contributed by atoms with Crippen molar-refractivity contribution in [2.45, 2.75) is 17.5 Å². The fourth-order valence-electron chi connectivity index (χ4n) is 3.45. The first-order chi connectivity index (χ1) is 15.5. The number of carbonyl (C=O) groups excluding carboxylic acids is 1. The lowest BCUT2D eigenvalue weighted by Gasteiger charge is -2.17. The van der Waals surface area contributed by atoms with Crippen molar-refractivity contribution in [1.29, 1.82) is 0 Å². The molecule has 3 aromatic rings. The fourth-order valence-corrected chi connectivity index (χ4v) is 4.99. The summed E-state index contributed by atoms with van der Waals surface area (Å²) in [7, 11) is 0.139. The van der Waals surface area contributed by atoms with Crippen molar-refractivity contribution in [2.24, 2.45) is 0 Å². The SMILES string of the molecule is CN(C)c1cccc2c(S(=O)(=O)CCCNC(=O)Nc3cccc(C(F)(F)F)c3)cccc12. The molecule has 0 atom stereocenters. The minimum Gasteiger partial charge on any atom is -0.377 e. The Balaban J connectivity index is 1.61. The van der Waals surface area contributed by atoms with E-state index in [1.165, 1.54) is 12.1 Å². The number of anilines is 2. The van der Waals surface area contributed by atoms with Crippen molar-refractivity contribution < 1.29 is 26.4 Å². The Bertz CT molecular complexity index is 1260. The molecule has 6 nitrogen and oxygen atoms in total. The van der Waals surface area contributed by atoms with Crippen LogP contribution in [0.1, 0.15) is 12.0 Å². The van der Waals surface area contributed by atoms with Crippen LogP contribution in [0.5, 0.6) is 0 Å². The lowest BCUT2D eigenvalue weighted by atomic mass is 10.1. The Labute approximate surface area is 190 Å². The van der Waals surface area contributed by atoms with Crippen LogP contribution in [-0.2, 0) is 16.0 Å². The highest BCUT2D eigenvalue weighted by Gasteiger charge is 2.30. The average Bonchev–Trinajstić information content (AvgIpc) is 2.75. The number of carbonyl (C=O) groups is 1. The van der Waals surface area contributed by atoms with Crippen LogP contribution in [0.15, 0.2) is 65.6 Å². The fraction of sp³-hybridized carbons (Fsp3) is 0.261. The molecule has 0 aliphatic heterocycles. The largest absolute Gasteiger partial charge is 0.416 e. The second kappa shape index (κ2) is 9.70. The van der Waals surface area contributed by atoms with E-state index >= 15 is 0 Å². The molecule has 2 amide bonds. The van der Waals surface area contributed by atoms with Gasteiger partial charge < -0.3 is 15.5 Å². The smallest absolute Gasteiger partial charge is 0.377 e. The van der Waals surface area contributed by atoms with Crippen molar-refractivity contribution in [2.75, 3.05) is 36.6 Å². The minimum atomic E-state index is -4.52. The number of halogens is 3. The second-order valence-electron chi connectivity index (χ2n) is 7.65. The van der Waals surface area contributed by atoms with Crippen LogP contribution in [0, 0.1) is 0 Å². The van der Waals surface area contributed by atoms with Crippen molar-refractivity contribution >= 4 is 38.0 Å². The predicted octanol–water partition coefficient (Wildman–Crippen LogP) is 4.91. The summed E-state index contributed by atoms with van der Waals surface area (Å²) in [5.41, 5.74) is 0.0128. The number of alkyl halides is 3. The third-order valence-corrected chi connectivity index (χ3v) is 6.85. The molecule has 0 spiro atoms. The molecule has 0 saturated heterocycles. The highest BCUT2D eigenvalue weighted by Crippen LogP contribution is 2.31. The number of rotatable bonds is 7. The first-order valence-electron chi connectivity index (χ1n) is 10.1. The van der Waals surface area contributed by atoms with E-state index in [1.807, 2.05) is 31.1 Å². The zero-order valence-corrected chi connectivity index (χ0v) is 18.9. The number of nitrogens with zero attached hydrogens (tertiary/aromatic N) is 1. The molecule has 33 heavy (non-hydrogen) atoms. The molecule has 0 bridgehead atoms. The standard InChI is InChI=1S/C23H24F3N3O3S/c1-29(2)20-11-4-10-19-18(20)9-5-12-21(19)33(31,32)14-6-13-27-22(30)28-17-8-3-7-16(15-17)23(24,25)26/h3-5,7-12,15H,6,13-14H2,1-2H3,(H2,27,28,30). The number of urea groups is 1. The van der Waals surface area contributed by atoms with Gasteiger partial charge in [0.05, 0.1) is 16.2 Å². The minimum absolute atomic E-state index is 0.0117. The number of fused-ring (bicyclic) bond motifs is 1. The molecule has 0 unspecified atom stereocenters. The molecule has 0 heterocycles. The Morgan fingerprint density at radius 1 is 0.970 bits per heavy atom. The van der Waals surface area contributed by atoms with Crippen molar-refractivity contribution in [3.05, 3.63) is 66.2 Å². The third kappa shape index (κ3) is 5.95. The average molecular weight is 480 g/mol. The van der Waals surface area contributed by atoms with Gasteiger partial charge in [-0.25, -0.2) is 13.2 Å². The van der Waals surface area contributed by atoms with Gasteiger partial charge in [0.1, 0.15) is 0 Å². The molecule has 2 N–H and O–H groups in total. The first kappa shape index (κ1) is 24.4. The number of nitrogens with one attached hydrogen (secondary N) is 2. The predicted molar refractivity (Wildman–Crippen MR) is 123 cm³/mol. The summed E-state index contributed by atoms with van der Waals surface area (Å²) in [5, 5.41) is 6.24. The third-order valence-electron chi connectivity index (χ3n) is 5.00. The second-order valence-corrected chi connectivity index (χ2v) is 9.73. The maximum atomic E-state index is 12.9. The monoisotopic (exact) mass is 479 g/mol. The quantitative estimate of drug-likeness (QED) is 0.472. The molecule has 0 aliphatic carbocycles. The Kier molecular flexibility index (Phi) is 7.16. The normalized spacial score (nSPS) is 11.9. The molecular weight excluding hydrogens is 455 g/mol. The van der Waals surface area contributed by atoms with Gasteiger partial charge in [0.25, 0.3) is 0 Å². The van der Waals surface area contributed by atoms with E-state index < -0.39 is 27.6 Å². The summed E-state index contributed by atoms with van der Waals surface area (Å²) < 4.78 is 64.2. The summed E-state index contributed by atoms with van der Waals surface area (Å²) in [4.78, 5) is 14.1. The van der Waals surface area contributed by atoms with Crippen molar-refractivity contribution in [1.82, 2.24) is 5.32 Å². The van der Waals surface area contributed by atoms with Gasteiger partial charge in [-0.05, 0) is 36.8 Å². The van der Waals surface area contributed by atoms with Gasteiger partial charge in [0, 0.05) is 42.8 Å². The summed E-state index contributed by atoms with van der Waals surface area (Å²) in [6.45, 7) is 0.0394. The molecule has 0 aromatic heterocycles. The number of amides is 2. The lowest BCUT2D eigenvalue weighted by Crippen LogP contribution is -2.30. The molecule has 0 fully saturated rings. The molecule has 3 rings (SSSR count). The highest BCUT2D eigenvalue weighted by atomic mass is 32.2. The summed E-state index contributed by atoms with van der Waals surface area (Å²) in [6, 6.07) is 14.1. The van der Waals surface area contributed by atoms with E-state index in [0.717, 1.165) is 23.2 Å². The van der Waals surface area contributed by atoms with E-state index in [0.29, 0.717) is 5.39 Å². The van der Waals surface area contributed by atoms with E-state index in [1.54, 1.807) is 24.3 Å². The zero-order chi connectivity index (χ0) is 24.2. The Hall–Kier alpha value is -3.27. The van der Waals surface area contributed by atoms with Gasteiger partial charge in [-0.15, -0.1) is 0 Å². The summed E-state index contributed by atoms with van der Waals surface area (Å²) in [5.74, 6) is -0.192. The summed E-state index contributed by atoms with van der Waals surface area (Å²) in [6.07, 6.45) is -4.38. The number of hydrogen-bond donors (Lipinski definition) is 2. The lowest BCUT2D eigenvalue weighted by molar-refractivity contribution is -0.137. The van der Waals surface area contributed by atoms with E-state index in [4.69, 9.17) is 0 Å². The number of sulfone groups is 1. The van der Waals surface area contributed by atoms with Gasteiger partial charge in [-0.1, -0.05) is 30.3 Å². The molecular formula is C23H24F3N3O3S. The maximum absolute atomic E-state index is 12.9.